The van der Waals surface area contributed by atoms with Crippen molar-refractivity contribution in [2.45, 2.75) is 84.2 Å². The van der Waals surface area contributed by atoms with Gasteiger partial charge in [0.05, 0.1) is 36.7 Å². The van der Waals surface area contributed by atoms with Crippen molar-refractivity contribution in [3.63, 3.8) is 0 Å². The predicted molar refractivity (Wildman–Crippen MR) is 197 cm³/mol. The number of imidazole rings is 1. The van der Waals surface area contributed by atoms with Crippen molar-refractivity contribution < 1.29 is 28.1 Å². The number of carbonyl (C=O) groups excluding carboxylic acids is 1. The van der Waals surface area contributed by atoms with E-state index in [9.17, 15) is 4.79 Å². The fourth-order valence-corrected chi connectivity index (χ4v) is 6.50. The van der Waals surface area contributed by atoms with Crippen molar-refractivity contribution in [2.24, 2.45) is 0 Å². The van der Waals surface area contributed by atoms with Gasteiger partial charge in [0.25, 0.3) is 0 Å². The number of piperidine rings is 1. The van der Waals surface area contributed by atoms with Gasteiger partial charge in [-0.3, -0.25) is 4.40 Å². The molecule has 0 saturated carbocycles. The Bertz CT molecular complexity index is 1850. The molecule has 8 nitrogen and oxygen atoms in total. The Morgan fingerprint density at radius 3 is 2.44 bits per heavy atom. The monoisotopic (exact) mass is 683 g/mol. The molecule has 0 aliphatic carbocycles. The Balaban J connectivity index is 1.64. The van der Waals surface area contributed by atoms with Gasteiger partial charge in [-0.1, -0.05) is 42.5 Å². The highest BCUT2D eigenvalue weighted by Gasteiger charge is 2.37. The lowest BCUT2D eigenvalue weighted by molar-refractivity contribution is -0.164. The van der Waals surface area contributed by atoms with Crippen LogP contribution < -0.4 is 9.64 Å². The fourth-order valence-electron chi connectivity index (χ4n) is 6.50. The van der Waals surface area contributed by atoms with Crippen LogP contribution >= 0.6 is 0 Å². The average Bonchev–Trinajstić information content (AvgIpc) is 3.50. The Hall–Kier alpha value is -4.47. The second-order valence-corrected chi connectivity index (χ2v) is 14.2. The molecule has 5 rings (SSSR count). The number of aryl methyl sites for hydroxylation is 1. The first-order valence-corrected chi connectivity index (χ1v) is 17.2. The van der Waals surface area contributed by atoms with Gasteiger partial charge in [0.15, 0.2) is 17.7 Å². The van der Waals surface area contributed by atoms with Crippen molar-refractivity contribution in [1.29, 1.82) is 0 Å². The van der Waals surface area contributed by atoms with Crippen LogP contribution in [-0.4, -0.2) is 59.5 Å². The highest BCUT2D eigenvalue weighted by molar-refractivity contribution is 5.81. The molecule has 3 heterocycles. The first-order chi connectivity index (χ1) is 23.8. The maximum atomic E-state index is 15.1. The van der Waals surface area contributed by atoms with Crippen LogP contribution in [0.4, 0.5) is 10.2 Å². The largest absolute Gasteiger partial charge is 0.487 e. The standard InChI is InChI=1S/C41H50FN3O5/c1-10-14-28(4)49-36-31(17-13-18-32(36)42)29-15-12-16-30(25-29)33-26-45-34(43-33)24-27(3)35(37(39(46)47-9)50-40(5,6)7)38(45)44-21-19-41(8,20-22-44)48-23-11-2/h10-13,15-18,24-26,28,37H,1-2,14,19-23H2,3-9H3. The lowest BCUT2D eigenvalue weighted by Gasteiger charge is -2.41. The minimum Gasteiger partial charge on any atom is -0.487 e. The summed E-state index contributed by atoms with van der Waals surface area (Å²) in [5.74, 6) is 0.147. The molecule has 266 valence electrons. The summed E-state index contributed by atoms with van der Waals surface area (Å²) < 4.78 is 41.2. The van der Waals surface area contributed by atoms with Crippen molar-refractivity contribution in [2.75, 3.05) is 31.7 Å². The number of para-hydroxylation sites is 1. The number of ether oxygens (including phenoxy) is 4. The van der Waals surface area contributed by atoms with Gasteiger partial charge in [-0.05, 0) is 83.7 Å². The summed E-state index contributed by atoms with van der Waals surface area (Å²) in [6, 6.07) is 14.8. The van der Waals surface area contributed by atoms with E-state index in [0.717, 1.165) is 52.3 Å². The molecule has 0 spiro atoms. The normalized spacial score (nSPS) is 15.8. The third-order valence-electron chi connectivity index (χ3n) is 9.05. The highest BCUT2D eigenvalue weighted by atomic mass is 19.1. The fraction of sp³-hybridized carbons (Fsp3) is 0.415. The van der Waals surface area contributed by atoms with Crippen LogP contribution in [0.15, 0.2) is 80.0 Å². The van der Waals surface area contributed by atoms with Gasteiger partial charge in [-0.15, -0.1) is 13.2 Å². The van der Waals surface area contributed by atoms with E-state index in [1.165, 1.54) is 13.2 Å². The Kier molecular flexibility index (Phi) is 11.2. The number of anilines is 1. The van der Waals surface area contributed by atoms with Gasteiger partial charge >= 0.3 is 5.97 Å². The van der Waals surface area contributed by atoms with Gasteiger partial charge in [-0.2, -0.15) is 0 Å². The summed E-state index contributed by atoms with van der Waals surface area (Å²) in [7, 11) is 1.38. The van der Waals surface area contributed by atoms with Crippen LogP contribution in [0, 0.1) is 12.7 Å². The summed E-state index contributed by atoms with van der Waals surface area (Å²) in [6.07, 6.45) is 6.49. The molecule has 2 unspecified atom stereocenters. The summed E-state index contributed by atoms with van der Waals surface area (Å²) >= 11 is 0. The van der Waals surface area contributed by atoms with Crippen LogP contribution in [0.1, 0.15) is 71.1 Å². The van der Waals surface area contributed by atoms with E-state index in [1.54, 1.807) is 18.2 Å². The second-order valence-electron chi connectivity index (χ2n) is 14.2. The van der Waals surface area contributed by atoms with E-state index >= 15 is 4.39 Å². The molecule has 1 aliphatic heterocycles. The van der Waals surface area contributed by atoms with E-state index < -0.39 is 23.5 Å². The number of fused-ring (bicyclic) bond motifs is 1. The third-order valence-corrected chi connectivity index (χ3v) is 9.05. The minimum absolute atomic E-state index is 0.207. The second kappa shape index (κ2) is 15.2. The number of benzene rings is 2. The molecule has 0 N–H and O–H groups in total. The van der Waals surface area contributed by atoms with Crippen molar-refractivity contribution in [3.8, 4) is 28.1 Å². The molecular formula is C41H50FN3O5. The van der Waals surface area contributed by atoms with E-state index in [1.807, 2.05) is 81.6 Å². The zero-order valence-corrected chi connectivity index (χ0v) is 30.4. The third kappa shape index (κ3) is 8.11. The van der Waals surface area contributed by atoms with Crippen molar-refractivity contribution >= 4 is 17.4 Å². The Morgan fingerprint density at radius 1 is 1.08 bits per heavy atom. The first-order valence-electron chi connectivity index (χ1n) is 17.2. The summed E-state index contributed by atoms with van der Waals surface area (Å²) in [5, 5.41) is 0. The Morgan fingerprint density at radius 2 is 1.78 bits per heavy atom. The smallest absolute Gasteiger partial charge is 0.339 e. The van der Waals surface area contributed by atoms with E-state index in [2.05, 4.69) is 25.0 Å². The highest BCUT2D eigenvalue weighted by Crippen LogP contribution is 2.40. The summed E-state index contributed by atoms with van der Waals surface area (Å²) in [4.78, 5) is 20.8. The number of pyridine rings is 1. The molecule has 4 aromatic rings. The SMILES string of the molecule is C=CCOC1(C)CCN(c2c(C(OC(C)(C)C)C(=O)OC)c(C)cc3nc(-c4cccc(-c5cccc(F)c5OC(C)CC=C)c4)cn23)CC1. The number of rotatable bonds is 13. The topological polar surface area (TPSA) is 74.5 Å². The minimum atomic E-state index is -0.964. The van der Waals surface area contributed by atoms with Crippen LogP contribution in [-0.2, 0) is 19.0 Å². The number of hydrogen-bond donors (Lipinski definition) is 0. The molecule has 0 amide bonds. The lowest BCUT2D eigenvalue weighted by Crippen LogP contribution is -2.45. The molecule has 9 heteroatoms. The van der Waals surface area contributed by atoms with Gasteiger partial charge < -0.3 is 23.8 Å². The summed E-state index contributed by atoms with van der Waals surface area (Å²) in [6.45, 7) is 21.3. The Labute approximate surface area is 295 Å². The molecule has 0 bridgehead atoms. The van der Waals surface area contributed by atoms with E-state index in [0.29, 0.717) is 31.7 Å². The molecule has 2 atom stereocenters. The summed E-state index contributed by atoms with van der Waals surface area (Å²) in [5.41, 5.74) is 4.45. The maximum Gasteiger partial charge on any atom is 0.339 e. The first kappa shape index (κ1) is 36.8. The quantitative estimate of drug-likeness (QED) is 0.103. The lowest BCUT2D eigenvalue weighted by atomic mass is 9.92. The van der Waals surface area contributed by atoms with Crippen molar-refractivity contribution in [1.82, 2.24) is 9.38 Å². The number of esters is 1. The number of methoxy groups -OCH3 is 1. The predicted octanol–water partition coefficient (Wildman–Crippen LogP) is 9.05. The molecule has 2 aromatic carbocycles. The van der Waals surface area contributed by atoms with Crippen LogP contribution in [0.2, 0.25) is 0 Å². The number of aromatic nitrogens is 2. The molecule has 1 aliphatic rings. The molecular weight excluding hydrogens is 633 g/mol. The van der Waals surface area contributed by atoms with Crippen LogP contribution in [0.3, 0.4) is 0 Å². The van der Waals surface area contributed by atoms with Crippen LogP contribution in [0.5, 0.6) is 5.75 Å². The number of halogens is 1. The number of hydrogen-bond acceptors (Lipinski definition) is 7. The average molecular weight is 684 g/mol. The maximum absolute atomic E-state index is 15.1. The van der Waals surface area contributed by atoms with E-state index in [-0.39, 0.29) is 17.5 Å². The van der Waals surface area contributed by atoms with Crippen molar-refractivity contribution in [3.05, 3.63) is 97.0 Å². The number of carbonyl (C=O) groups is 1. The zero-order chi connectivity index (χ0) is 36.2. The molecule has 1 saturated heterocycles. The van der Waals surface area contributed by atoms with Gasteiger partial charge in [-0.25, -0.2) is 14.2 Å². The van der Waals surface area contributed by atoms with Gasteiger partial charge in [0, 0.05) is 42.4 Å². The van der Waals surface area contributed by atoms with Gasteiger partial charge in [0.2, 0.25) is 0 Å². The molecule has 2 aromatic heterocycles. The van der Waals surface area contributed by atoms with Crippen LogP contribution in [0.25, 0.3) is 28.0 Å². The molecule has 0 radical (unpaired) electrons. The van der Waals surface area contributed by atoms with E-state index in [4.69, 9.17) is 23.9 Å². The molecule has 50 heavy (non-hydrogen) atoms. The number of nitrogens with zero attached hydrogens (tertiary/aromatic N) is 3. The van der Waals surface area contributed by atoms with Gasteiger partial charge in [0.1, 0.15) is 11.5 Å². The molecule has 1 fully saturated rings. The zero-order valence-electron chi connectivity index (χ0n) is 30.4.